The molecule has 0 spiro atoms. The van der Waals surface area contributed by atoms with Gasteiger partial charge in [0.1, 0.15) is 0 Å². The molecule has 49 heavy (non-hydrogen) atoms. The molecule has 0 fully saturated rings. The lowest BCUT2D eigenvalue weighted by Gasteiger charge is -2.28. The van der Waals surface area contributed by atoms with E-state index in [2.05, 4.69) is 54.9 Å². The number of rotatable bonds is 16. The van der Waals surface area contributed by atoms with E-state index in [1.165, 1.54) is 0 Å². The molecule has 8 nitrogen and oxygen atoms in total. The monoisotopic (exact) mass is 660 g/mol. The summed E-state index contributed by atoms with van der Waals surface area (Å²) in [4.78, 5) is 30.6. The maximum Gasteiger partial charge on any atom is 0.255 e. The highest BCUT2D eigenvalue weighted by molar-refractivity contribution is 6.01. The SMILES string of the molecule is C=CC(=C)Nc1cc(NC2=CC(C(=C/C=C\C)/C(C)=C(\C)NC(=O)c3ccc(NC)cc3)=CN(C)C2=C)ccc1C(=O)N(CCC)CCC. The number of hydrogen-bond acceptors (Lipinski definition) is 6. The lowest BCUT2D eigenvalue weighted by atomic mass is 9.94. The van der Waals surface area contributed by atoms with Crippen LogP contribution in [0, 0.1) is 0 Å². The van der Waals surface area contributed by atoms with E-state index in [9.17, 15) is 9.59 Å². The molecule has 0 saturated carbocycles. The summed E-state index contributed by atoms with van der Waals surface area (Å²) in [7, 11) is 3.79. The quantitative estimate of drug-likeness (QED) is 0.135. The summed E-state index contributed by atoms with van der Waals surface area (Å²) in [5.74, 6) is -0.205. The third-order valence-electron chi connectivity index (χ3n) is 8.18. The van der Waals surface area contributed by atoms with Gasteiger partial charge in [-0.05, 0) is 99.4 Å². The number of carbonyl (C=O) groups excluding carboxylic acids is 2. The summed E-state index contributed by atoms with van der Waals surface area (Å²) in [6.45, 7) is 23.6. The minimum atomic E-state index is -0.177. The van der Waals surface area contributed by atoms with E-state index < -0.39 is 0 Å². The number of allylic oxidation sites excluding steroid dienone is 9. The highest BCUT2D eigenvalue weighted by Crippen LogP contribution is 2.32. The highest BCUT2D eigenvalue weighted by Gasteiger charge is 2.21. The van der Waals surface area contributed by atoms with E-state index in [0.29, 0.717) is 35.6 Å². The molecule has 0 saturated heterocycles. The summed E-state index contributed by atoms with van der Waals surface area (Å²) in [5, 5.41) is 12.9. The first-order valence-corrected chi connectivity index (χ1v) is 16.7. The molecule has 0 bridgehead atoms. The summed E-state index contributed by atoms with van der Waals surface area (Å²) in [6.07, 6.45) is 13.4. The Bertz CT molecular complexity index is 1720. The van der Waals surface area contributed by atoms with Crippen LogP contribution in [0.3, 0.4) is 0 Å². The third kappa shape index (κ3) is 10.00. The van der Waals surface area contributed by atoms with Gasteiger partial charge >= 0.3 is 0 Å². The Labute approximate surface area is 293 Å². The molecular formula is C41H52N6O2. The number of amides is 2. The van der Waals surface area contributed by atoms with Crippen LogP contribution in [0.5, 0.6) is 0 Å². The van der Waals surface area contributed by atoms with Crippen LogP contribution in [0.25, 0.3) is 0 Å². The smallest absolute Gasteiger partial charge is 0.255 e. The average Bonchev–Trinajstić information content (AvgIpc) is 3.10. The van der Waals surface area contributed by atoms with Gasteiger partial charge in [-0.15, -0.1) is 0 Å². The van der Waals surface area contributed by atoms with Gasteiger partial charge < -0.3 is 31.1 Å². The van der Waals surface area contributed by atoms with Crippen LogP contribution >= 0.6 is 0 Å². The molecular weight excluding hydrogens is 608 g/mol. The zero-order valence-corrected chi connectivity index (χ0v) is 30.2. The molecule has 0 aromatic heterocycles. The van der Waals surface area contributed by atoms with Gasteiger partial charge in [0.25, 0.3) is 11.8 Å². The van der Waals surface area contributed by atoms with Gasteiger partial charge in [-0.2, -0.15) is 0 Å². The van der Waals surface area contributed by atoms with E-state index in [1.807, 2.05) is 106 Å². The van der Waals surface area contributed by atoms with Crippen molar-refractivity contribution in [3.8, 4) is 0 Å². The molecule has 2 aromatic carbocycles. The minimum Gasteiger partial charge on any atom is -0.388 e. The molecule has 0 unspecified atom stereocenters. The molecule has 0 atom stereocenters. The maximum atomic E-state index is 13.6. The lowest BCUT2D eigenvalue weighted by Crippen LogP contribution is -2.33. The molecule has 0 radical (unpaired) electrons. The van der Waals surface area contributed by atoms with Crippen LogP contribution in [0.4, 0.5) is 17.1 Å². The van der Waals surface area contributed by atoms with Crippen LogP contribution in [0.1, 0.15) is 68.2 Å². The fraction of sp³-hybridized carbons (Fsp3) is 0.268. The van der Waals surface area contributed by atoms with Crippen LogP contribution < -0.4 is 21.3 Å². The Hall–Kier alpha value is -5.50. The average molecular weight is 661 g/mol. The van der Waals surface area contributed by atoms with E-state index in [-0.39, 0.29) is 11.8 Å². The Morgan fingerprint density at radius 2 is 1.65 bits per heavy atom. The van der Waals surface area contributed by atoms with Crippen molar-refractivity contribution in [1.29, 1.82) is 0 Å². The number of likely N-dealkylation sites (N-methyl/N-ethyl adjacent to an activating group) is 1. The Kier molecular flexibility index (Phi) is 14.1. The van der Waals surface area contributed by atoms with E-state index >= 15 is 0 Å². The summed E-state index contributed by atoms with van der Waals surface area (Å²) in [5.41, 5.74) is 9.18. The topological polar surface area (TPSA) is 88.7 Å². The highest BCUT2D eigenvalue weighted by atomic mass is 16.2. The van der Waals surface area contributed by atoms with Crippen molar-refractivity contribution < 1.29 is 9.59 Å². The standard InChI is InChI=1S/C41H52N6O2/c1-11-15-16-36(29(6)30(7)44-40(48)32-17-19-34(42-9)20-18-32)33-25-38(31(8)46(10)27-33)45-35-21-22-37(39(26-35)43-28(5)14-4)41(49)47(23-12-2)24-13-3/h11,14-22,25-27,42-43,45H,4-5,8,12-13,23-24H2,1-3,6-7,9-10H3,(H,44,48)/b15-11-,30-29+,36-16+. The van der Waals surface area contributed by atoms with Crippen LogP contribution in [-0.4, -0.2) is 48.8 Å². The van der Waals surface area contributed by atoms with E-state index in [0.717, 1.165) is 58.0 Å². The van der Waals surface area contributed by atoms with Crippen LogP contribution in [0.2, 0.25) is 0 Å². The van der Waals surface area contributed by atoms with Crippen molar-refractivity contribution in [3.63, 3.8) is 0 Å². The van der Waals surface area contributed by atoms with Gasteiger partial charge in [-0.25, -0.2) is 0 Å². The van der Waals surface area contributed by atoms with Gasteiger partial charge in [0, 0.05) is 67.3 Å². The molecule has 2 amide bonds. The zero-order chi connectivity index (χ0) is 36.1. The number of hydrogen-bond donors (Lipinski definition) is 4. The largest absolute Gasteiger partial charge is 0.388 e. The molecule has 1 aliphatic rings. The normalized spacial score (nSPS) is 13.7. The Balaban J connectivity index is 1.99. The molecule has 4 N–H and O–H groups in total. The molecule has 1 aliphatic heterocycles. The number of anilines is 3. The summed E-state index contributed by atoms with van der Waals surface area (Å²) < 4.78 is 0. The number of carbonyl (C=O) groups is 2. The van der Waals surface area contributed by atoms with Crippen molar-refractivity contribution >= 4 is 28.9 Å². The Morgan fingerprint density at radius 1 is 1.00 bits per heavy atom. The Morgan fingerprint density at radius 3 is 2.24 bits per heavy atom. The lowest BCUT2D eigenvalue weighted by molar-refractivity contribution is 0.0756. The van der Waals surface area contributed by atoms with Gasteiger partial charge in [-0.3, -0.25) is 9.59 Å². The summed E-state index contributed by atoms with van der Waals surface area (Å²) in [6, 6.07) is 13.0. The van der Waals surface area contributed by atoms with Gasteiger partial charge in [0.15, 0.2) is 0 Å². The minimum absolute atomic E-state index is 0.0284. The predicted molar refractivity (Wildman–Crippen MR) is 207 cm³/mol. The maximum absolute atomic E-state index is 13.6. The second-order valence-electron chi connectivity index (χ2n) is 11.9. The third-order valence-corrected chi connectivity index (χ3v) is 8.18. The van der Waals surface area contributed by atoms with Crippen molar-refractivity contribution in [2.45, 2.75) is 47.5 Å². The molecule has 1 heterocycles. The van der Waals surface area contributed by atoms with Crippen molar-refractivity contribution in [2.24, 2.45) is 0 Å². The number of nitrogens with one attached hydrogen (secondary N) is 4. The van der Waals surface area contributed by atoms with E-state index in [1.54, 1.807) is 18.2 Å². The number of benzene rings is 2. The van der Waals surface area contributed by atoms with Crippen molar-refractivity contribution in [2.75, 3.05) is 43.1 Å². The molecule has 258 valence electrons. The second-order valence-corrected chi connectivity index (χ2v) is 11.9. The molecule has 2 aromatic rings. The molecule has 8 heteroatoms. The first kappa shape index (κ1) is 38.0. The zero-order valence-electron chi connectivity index (χ0n) is 30.2. The fourth-order valence-electron chi connectivity index (χ4n) is 5.28. The molecule has 0 aliphatic carbocycles. The van der Waals surface area contributed by atoms with Gasteiger partial charge in [-0.1, -0.05) is 51.8 Å². The van der Waals surface area contributed by atoms with Crippen LogP contribution in [-0.2, 0) is 0 Å². The molecule has 3 rings (SSSR count). The first-order chi connectivity index (χ1) is 23.5. The van der Waals surface area contributed by atoms with Crippen molar-refractivity contribution in [3.05, 3.63) is 149 Å². The van der Waals surface area contributed by atoms with Gasteiger partial charge in [0.2, 0.25) is 0 Å². The fourth-order valence-corrected chi connectivity index (χ4v) is 5.28. The van der Waals surface area contributed by atoms with Crippen molar-refractivity contribution in [1.82, 2.24) is 15.1 Å². The number of nitrogens with zero attached hydrogens (tertiary/aromatic N) is 2. The van der Waals surface area contributed by atoms with Gasteiger partial charge in [0.05, 0.1) is 22.6 Å². The van der Waals surface area contributed by atoms with Crippen LogP contribution in [0.15, 0.2) is 138 Å². The second kappa shape index (κ2) is 18.2. The first-order valence-electron chi connectivity index (χ1n) is 16.7. The predicted octanol–water partition coefficient (Wildman–Crippen LogP) is 8.97. The van der Waals surface area contributed by atoms with E-state index in [4.69, 9.17) is 0 Å². The summed E-state index contributed by atoms with van der Waals surface area (Å²) >= 11 is 0.